The van der Waals surface area contributed by atoms with Crippen LogP contribution in [0.15, 0.2) is 41.1 Å². The van der Waals surface area contributed by atoms with Gasteiger partial charge < -0.3 is 5.32 Å². The molecule has 0 unspecified atom stereocenters. The van der Waals surface area contributed by atoms with Crippen LogP contribution in [0.25, 0.3) is 0 Å². The molecule has 0 saturated carbocycles. The van der Waals surface area contributed by atoms with Gasteiger partial charge in [-0.15, -0.1) is 0 Å². The predicted octanol–water partition coefficient (Wildman–Crippen LogP) is 2.36. The van der Waals surface area contributed by atoms with E-state index in [0.29, 0.717) is 6.42 Å². The number of hydrogen-bond donors (Lipinski definition) is 1. The Morgan fingerprint density at radius 2 is 2.12 bits per heavy atom. The number of carbonyl (C=O) groups excluding carboxylic acids is 1. The van der Waals surface area contributed by atoms with Crippen LogP contribution in [-0.2, 0) is 18.3 Å². The van der Waals surface area contributed by atoms with Gasteiger partial charge in [0.2, 0.25) is 5.91 Å². The van der Waals surface area contributed by atoms with Gasteiger partial charge in [-0.25, -0.2) is 0 Å². The highest BCUT2D eigenvalue weighted by Crippen LogP contribution is 2.11. The lowest BCUT2D eigenvalue weighted by atomic mass is 10.1. The van der Waals surface area contributed by atoms with E-state index < -0.39 is 0 Å². The number of amides is 1. The maximum absolute atomic E-state index is 11.7. The summed E-state index contributed by atoms with van der Waals surface area (Å²) in [6.45, 7) is 0. The van der Waals surface area contributed by atoms with Crippen molar-refractivity contribution in [3.8, 4) is 0 Å². The molecule has 1 N–H and O–H groups in total. The molecule has 0 bridgehead atoms. The summed E-state index contributed by atoms with van der Waals surface area (Å²) in [6.07, 6.45) is 3.75. The number of benzene rings is 1. The third kappa shape index (κ3) is 3.42. The molecule has 0 saturated heterocycles. The van der Waals surface area contributed by atoms with E-state index in [4.69, 9.17) is 0 Å². The maximum atomic E-state index is 11.7. The van der Waals surface area contributed by atoms with Crippen LogP contribution >= 0.6 is 15.9 Å². The van der Waals surface area contributed by atoms with Crippen molar-refractivity contribution >= 4 is 27.5 Å². The molecule has 0 radical (unpaired) electrons. The number of nitrogens with one attached hydrogen (secondary N) is 1. The molecule has 1 heterocycles. The Kier molecular flexibility index (Phi) is 3.58. The van der Waals surface area contributed by atoms with Gasteiger partial charge in [-0.05, 0) is 17.7 Å². The van der Waals surface area contributed by atoms with Gasteiger partial charge in [0.1, 0.15) is 0 Å². The molecule has 2 rings (SSSR count). The van der Waals surface area contributed by atoms with Crippen molar-refractivity contribution in [1.82, 2.24) is 9.78 Å². The lowest BCUT2D eigenvalue weighted by Crippen LogP contribution is -2.13. The summed E-state index contributed by atoms with van der Waals surface area (Å²) in [5.74, 6) is -0.0414. The van der Waals surface area contributed by atoms with Gasteiger partial charge >= 0.3 is 0 Å². The number of anilines is 1. The largest absolute Gasteiger partial charge is 0.323 e. The summed E-state index contributed by atoms with van der Waals surface area (Å²) in [4.78, 5) is 11.7. The monoisotopic (exact) mass is 293 g/mol. The number of aromatic nitrogens is 2. The molecule has 5 heteroatoms. The second-order valence-electron chi connectivity index (χ2n) is 3.75. The molecule has 0 aliphatic carbocycles. The first-order valence-electron chi connectivity index (χ1n) is 5.16. The lowest BCUT2D eigenvalue weighted by Gasteiger charge is -2.02. The molecule has 17 heavy (non-hydrogen) atoms. The van der Waals surface area contributed by atoms with Crippen molar-refractivity contribution in [2.75, 3.05) is 5.32 Å². The first-order valence-corrected chi connectivity index (χ1v) is 5.96. The summed E-state index contributed by atoms with van der Waals surface area (Å²) in [6, 6.07) is 7.69. The van der Waals surface area contributed by atoms with Crippen LogP contribution < -0.4 is 5.32 Å². The SMILES string of the molecule is Cn1cc(NC(=O)Cc2ccc(Br)cc2)cn1. The average Bonchev–Trinajstić information content (AvgIpc) is 2.67. The van der Waals surface area contributed by atoms with Crippen molar-refractivity contribution in [2.45, 2.75) is 6.42 Å². The zero-order chi connectivity index (χ0) is 12.3. The Hall–Kier alpha value is -1.62. The third-order valence-corrected chi connectivity index (χ3v) is 2.80. The van der Waals surface area contributed by atoms with Gasteiger partial charge in [-0.3, -0.25) is 9.48 Å². The van der Waals surface area contributed by atoms with E-state index in [2.05, 4.69) is 26.3 Å². The molecule has 1 aromatic carbocycles. The molecule has 4 nitrogen and oxygen atoms in total. The molecule has 88 valence electrons. The standard InChI is InChI=1S/C12H12BrN3O/c1-16-8-11(7-14-16)15-12(17)6-9-2-4-10(13)5-3-9/h2-5,7-8H,6H2,1H3,(H,15,17). The predicted molar refractivity (Wildman–Crippen MR) is 69.7 cm³/mol. The molecule has 2 aromatic rings. The van der Waals surface area contributed by atoms with Crippen LogP contribution in [-0.4, -0.2) is 15.7 Å². The molecule has 0 spiro atoms. The van der Waals surface area contributed by atoms with Crippen LogP contribution in [0.2, 0.25) is 0 Å². The fourth-order valence-electron chi connectivity index (χ4n) is 1.48. The smallest absolute Gasteiger partial charge is 0.228 e. The Labute approximate surface area is 108 Å². The lowest BCUT2D eigenvalue weighted by molar-refractivity contribution is -0.115. The Morgan fingerprint density at radius 3 is 2.71 bits per heavy atom. The highest BCUT2D eigenvalue weighted by molar-refractivity contribution is 9.10. The van der Waals surface area contributed by atoms with Crippen LogP contribution in [0, 0.1) is 0 Å². The van der Waals surface area contributed by atoms with Crippen molar-refractivity contribution in [3.05, 3.63) is 46.7 Å². The van der Waals surface area contributed by atoms with E-state index in [1.165, 1.54) is 0 Å². The molecular weight excluding hydrogens is 282 g/mol. The second-order valence-corrected chi connectivity index (χ2v) is 4.67. The van der Waals surface area contributed by atoms with E-state index in [1.807, 2.05) is 31.3 Å². The summed E-state index contributed by atoms with van der Waals surface area (Å²) >= 11 is 3.36. The number of aryl methyl sites for hydroxylation is 1. The Morgan fingerprint density at radius 1 is 1.41 bits per heavy atom. The molecule has 1 aromatic heterocycles. The van der Waals surface area contributed by atoms with E-state index >= 15 is 0 Å². The molecule has 0 aliphatic heterocycles. The van der Waals surface area contributed by atoms with E-state index in [-0.39, 0.29) is 5.91 Å². The fourth-order valence-corrected chi connectivity index (χ4v) is 1.74. The van der Waals surface area contributed by atoms with Crippen molar-refractivity contribution in [3.63, 3.8) is 0 Å². The highest BCUT2D eigenvalue weighted by Gasteiger charge is 2.05. The normalized spacial score (nSPS) is 10.2. The van der Waals surface area contributed by atoms with Crippen LogP contribution in [0.5, 0.6) is 0 Å². The summed E-state index contributed by atoms with van der Waals surface area (Å²) in [5, 5.41) is 6.78. The first kappa shape index (κ1) is 11.9. The average molecular weight is 294 g/mol. The second kappa shape index (κ2) is 5.14. The summed E-state index contributed by atoms with van der Waals surface area (Å²) in [5.41, 5.74) is 1.70. The van der Waals surface area contributed by atoms with Gasteiger partial charge in [-0.2, -0.15) is 5.10 Å². The van der Waals surface area contributed by atoms with Crippen molar-refractivity contribution in [2.24, 2.45) is 7.05 Å². The Balaban J connectivity index is 1.95. The van der Waals surface area contributed by atoms with Gasteiger partial charge in [0, 0.05) is 17.7 Å². The minimum Gasteiger partial charge on any atom is -0.323 e. The van der Waals surface area contributed by atoms with Gasteiger partial charge in [0.25, 0.3) is 0 Å². The number of hydrogen-bond acceptors (Lipinski definition) is 2. The molecular formula is C12H12BrN3O. The molecule has 0 atom stereocenters. The van der Waals surface area contributed by atoms with Gasteiger partial charge in [0.15, 0.2) is 0 Å². The number of rotatable bonds is 3. The van der Waals surface area contributed by atoms with Gasteiger partial charge in [-0.1, -0.05) is 28.1 Å². The maximum Gasteiger partial charge on any atom is 0.228 e. The van der Waals surface area contributed by atoms with Crippen molar-refractivity contribution < 1.29 is 4.79 Å². The van der Waals surface area contributed by atoms with Gasteiger partial charge in [0.05, 0.1) is 18.3 Å². The number of nitrogens with zero attached hydrogens (tertiary/aromatic N) is 2. The molecule has 0 aliphatic rings. The quantitative estimate of drug-likeness (QED) is 0.944. The number of carbonyl (C=O) groups is 1. The zero-order valence-electron chi connectivity index (χ0n) is 9.35. The van der Waals surface area contributed by atoms with Crippen molar-refractivity contribution in [1.29, 1.82) is 0 Å². The van der Waals surface area contributed by atoms with E-state index in [1.54, 1.807) is 17.1 Å². The topological polar surface area (TPSA) is 46.9 Å². The van der Waals surface area contributed by atoms with Crippen LogP contribution in [0.1, 0.15) is 5.56 Å². The van der Waals surface area contributed by atoms with E-state index in [9.17, 15) is 4.79 Å². The number of halogens is 1. The minimum absolute atomic E-state index is 0.0414. The molecule has 0 fully saturated rings. The highest BCUT2D eigenvalue weighted by atomic mass is 79.9. The summed E-state index contributed by atoms with van der Waals surface area (Å²) < 4.78 is 2.66. The third-order valence-electron chi connectivity index (χ3n) is 2.27. The van der Waals surface area contributed by atoms with E-state index in [0.717, 1.165) is 15.7 Å². The van der Waals surface area contributed by atoms with Crippen LogP contribution in [0.3, 0.4) is 0 Å². The minimum atomic E-state index is -0.0414. The Bertz CT molecular complexity index is 519. The molecule has 1 amide bonds. The fraction of sp³-hybridized carbons (Fsp3) is 0.167. The zero-order valence-corrected chi connectivity index (χ0v) is 10.9. The summed E-state index contributed by atoms with van der Waals surface area (Å²) in [7, 11) is 1.81. The first-order chi connectivity index (χ1) is 8.13. The van der Waals surface area contributed by atoms with Crippen LogP contribution in [0.4, 0.5) is 5.69 Å².